The van der Waals surface area contributed by atoms with Crippen LogP contribution in [0.5, 0.6) is 0 Å². The summed E-state index contributed by atoms with van der Waals surface area (Å²) in [5, 5.41) is 3.44. The SMILES string of the molecule is CN1Cc2c(cccc2N2CCC(N3CCNCC3)CC2)C1=O. The van der Waals surface area contributed by atoms with Gasteiger partial charge in [-0.2, -0.15) is 0 Å². The number of piperazine rings is 1. The summed E-state index contributed by atoms with van der Waals surface area (Å²) in [6.07, 6.45) is 2.46. The highest BCUT2D eigenvalue weighted by Gasteiger charge is 2.30. The molecule has 3 aliphatic heterocycles. The highest BCUT2D eigenvalue weighted by Crippen LogP contribution is 2.33. The summed E-state index contributed by atoms with van der Waals surface area (Å²) in [6.45, 7) is 7.57. The topological polar surface area (TPSA) is 38.8 Å². The normalized spacial score (nSPS) is 23.4. The minimum Gasteiger partial charge on any atom is -0.371 e. The van der Waals surface area contributed by atoms with Crippen molar-refractivity contribution in [3.05, 3.63) is 29.3 Å². The lowest BCUT2D eigenvalue weighted by atomic mass is 9.99. The first-order chi connectivity index (χ1) is 11.2. The molecule has 3 heterocycles. The Morgan fingerprint density at radius 3 is 2.57 bits per heavy atom. The third-order valence-electron chi connectivity index (χ3n) is 5.60. The summed E-state index contributed by atoms with van der Waals surface area (Å²) < 4.78 is 0. The standard InChI is InChI=1S/C18H26N4O/c1-20-13-16-15(18(20)23)3-2-4-17(16)22-9-5-14(6-10-22)21-11-7-19-8-12-21/h2-4,14,19H,5-13H2,1H3. The molecule has 0 radical (unpaired) electrons. The van der Waals surface area contributed by atoms with E-state index in [1.165, 1.54) is 37.2 Å². The number of carbonyl (C=O) groups is 1. The molecule has 1 aromatic rings. The first kappa shape index (κ1) is 15.0. The number of hydrogen-bond donors (Lipinski definition) is 1. The van der Waals surface area contributed by atoms with Crippen molar-refractivity contribution in [3.8, 4) is 0 Å². The molecule has 1 aromatic carbocycles. The second-order valence-electron chi connectivity index (χ2n) is 6.97. The van der Waals surface area contributed by atoms with E-state index in [4.69, 9.17) is 0 Å². The number of anilines is 1. The van der Waals surface area contributed by atoms with Crippen molar-refractivity contribution in [2.24, 2.45) is 0 Å². The molecule has 124 valence electrons. The van der Waals surface area contributed by atoms with Gasteiger partial charge < -0.3 is 15.1 Å². The van der Waals surface area contributed by atoms with Gasteiger partial charge in [-0.3, -0.25) is 9.69 Å². The molecular formula is C18H26N4O. The molecule has 3 aliphatic rings. The van der Waals surface area contributed by atoms with Gasteiger partial charge in [-0.25, -0.2) is 0 Å². The van der Waals surface area contributed by atoms with Crippen LogP contribution in [0.4, 0.5) is 5.69 Å². The summed E-state index contributed by atoms with van der Waals surface area (Å²) in [4.78, 5) is 19.1. The van der Waals surface area contributed by atoms with Crippen LogP contribution in [-0.4, -0.2) is 68.1 Å². The Bertz CT molecular complexity index is 589. The summed E-state index contributed by atoms with van der Waals surface area (Å²) in [6, 6.07) is 6.93. The minimum atomic E-state index is 0.164. The number of hydrogen-bond acceptors (Lipinski definition) is 4. The smallest absolute Gasteiger partial charge is 0.254 e. The van der Waals surface area contributed by atoms with Gasteiger partial charge in [0.05, 0.1) is 0 Å². The molecule has 0 saturated carbocycles. The van der Waals surface area contributed by atoms with E-state index < -0.39 is 0 Å². The van der Waals surface area contributed by atoms with Crippen molar-refractivity contribution >= 4 is 11.6 Å². The lowest BCUT2D eigenvalue weighted by molar-refractivity contribution is 0.0816. The van der Waals surface area contributed by atoms with Crippen LogP contribution in [0.2, 0.25) is 0 Å². The zero-order chi connectivity index (χ0) is 15.8. The molecule has 0 atom stereocenters. The van der Waals surface area contributed by atoms with E-state index in [0.29, 0.717) is 0 Å². The molecule has 0 bridgehead atoms. The first-order valence-corrected chi connectivity index (χ1v) is 8.81. The number of benzene rings is 1. The molecule has 2 saturated heterocycles. The predicted molar refractivity (Wildman–Crippen MR) is 91.9 cm³/mol. The third-order valence-corrected chi connectivity index (χ3v) is 5.60. The summed E-state index contributed by atoms with van der Waals surface area (Å²) in [5.74, 6) is 0.164. The largest absolute Gasteiger partial charge is 0.371 e. The number of piperidine rings is 1. The molecular weight excluding hydrogens is 288 g/mol. The minimum absolute atomic E-state index is 0.164. The highest BCUT2D eigenvalue weighted by molar-refractivity contribution is 5.99. The summed E-state index contributed by atoms with van der Waals surface area (Å²) in [7, 11) is 1.89. The highest BCUT2D eigenvalue weighted by atomic mass is 16.2. The van der Waals surface area contributed by atoms with Crippen molar-refractivity contribution in [1.29, 1.82) is 0 Å². The average Bonchev–Trinajstić information content (AvgIpc) is 2.91. The molecule has 4 rings (SSSR count). The van der Waals surface area contributed by atoms with Crippen LogP contribution in [0, 0.1) is 0 Å². The van der Waals surface area contributed by atoms with Crippen LogP contribution in [0.15, 0.2) is 18.2 Å². The van der Waals surface area contributed by atoms with E-state index in [1.54, 1.807) is 0 Å². The lowest BCUT2D eigenvalue weighted by Gasteiger charge is -2.41. The van der Waals surface area contributed by atoms with Gasteiger partial charge in [0, 0.05) is 75.7 Å². The molecule has 2 fully saturated rings. The van der Waals surface area contributed by atoms with Crippen molar-refractivity contribution in [2.45, 2.75) is 25.4 Å². The van der Waals surface area contributed by atoms with Crippen LogP contribution >= 0.6 is 0 Å². The van der Waals surface area contributed by atoms with Gasteiger partial charge in [-0.05, 0) is 25.0 Å². The number of rotatable bonds is 2. The van der Waals surface area contributed by atoms with Crippen molar-refractivity contribution < 1.29 is 4.79 Å². The number of nitrogens with one attached hydrogen (secondary N) is 1. The van der Waals surface area contributed by atoms with Crippen LogP contribution in [0.3, 0.4) is 0 Å². The van der Waals surface area contributed by atoms with Gasteiger partial charge >= 0.3 is 0 Å². The van der Waals surface area contributed by atoms with Crippen LogP contribution in [-0.2, 0) is 6.54 Å². The van der Waals surface area contributed by atoms with E-state index in [2.05, 4.69) is 21.2 Å². The lowest BCUT2D eigenvalue weighted by Crippen LogP contribution is -2.52. The van der Waals surface area contributed by atoms with Crippen molar-refractivity contribution in [3.63, 3.8) is 0 Å². The monoisotopic (exact) mass is 314 g/mol. The van der Waals surface area contributed by atoms with Gasteiger partial charge in [0.2, 0.25) is 0 Å². The maximum atomic E-state index is 12.2. The molecule has 5 nitrogen and oxygen atoms in total. The van der Waals surface area contributed by atoms with E-state index in [0.717, 1.165) is 44.3 Å². The molecule has 1 N–H and O–H groups in total. The Morgan fingerprint density at radius 2 is 1.83 bits per heavy atom. The third kappa shape index (κ3) is 2.72. The van der Waals surface area contributed by atoms with Gasteiger partial charge in [-0.15, -0.1) is 0 Å². The fraction of sp³-hybridized carbons (Fsp3) is 0.611. The number of amides is 1. The summed E-state index contributed by atoms with van der Waals surface area (Å²) >= 11 is 0. The molecule has 0 aromatic heterocycles. The molecule has 1 amide bonds. The molecule has 0 unspecified atom stereocenters. The molecule has 0 aliphatic carbocycles. The van der Waals surface area contributed by atoms with Crippen molar-refractivity contribution in [2.75, 3.05) is 51.2 Å². The molecule has 0 spiro atoms. The Hall–Kier alpha value is -1.59. The maximum absolute atomic E-state index is 12.2. The zero-order valence-electron chi connectivity index (χ0n) is 13.9. The number of fused-ring (bicyclic) bond motifs is 1. The number of carbonyl (C=O) groups excluding carboxylic acids is 1. The first-order valence-electron chi connectivity index (χ1n) is 8.81. The van der Waals surface area contributed by atoms with Gasteiger partial charge in [0.15, 0.2) is 0 Å². The Morgan fingerprint density at radius 1 is 1.09 bits per heavy atom. The quantitative estimate of drug-likeness (QED) is 0.889. The fourth-order valence-electron chi connectivity index (χ4n) is 4.27. The average molecular weight is 314 g/mol. The molecule has 23 heavy (non-hydrogen) atoms. The van der Waals surface area contributed by atoms with E-state index in [1.807, 2.05) is 24.1 Å². The van der Waals surface area contributed by atoms with Gasteiger partial charge in [0.25, 0.3) is 5.91 Å². The van der Waals surface area contributed by atoms with E-state index >= 15 is 0 Å². The predicted octanol–water partition coefficient (Wildman–Crippen LogP) is 1.15. The van der Waals surface area contributed by atoms with E-state index in [9.17, 15) is 4.79 Å². The van der Waals surface area contributed by atoms with Crippen LogP contribution in [0.1, 0.15) is 28.8 Å². The second-order valence-corrected chi connectivity index (χ2v) is 6.97. The number of nitrogens with zero attached hydrogens (tertiary/aromatic N) is 3. The maximum Gasteiger partial charge on any atom is 0.254 e. The molecule has 5 heteroatoms. The second kappa shape index (κ2) is 6.13. The van der Waals surface area contributed by atoms with Crippen LogP contribution in [0.25, 0.3) is 0 Å². The van der Waals surface area contributed by atoms with Gasteiger partial charge in [0.1, 0.15) is 0 Å². The van der Waals surface area contributed by atoms with Gasteiger partial charge in [-0.1, -0.05) is 6.07 Å². The van der Waals surface area contributed by atoms with Crippen molar-refractivity contribution in [1.82, 2.24) is 15.1 Å². The van der Waals surface area contributed by atoms with Crippen LogP contribution < -0.4 is 10.2 Å². The summed E-state index contributed by atoms with van der Waals surface area (Å²) in [5.41, 5.74) is 3.40. The Kier molecular flexibility index (Phi) is 3.99. The Labute approximate surface area is 138 Å². The fourth-order valence-corrected chi connectivity index (χ4v) is 4.27. The zero-order valence-corrected chi connectivity index (χ0v) is 13.9. The van der Waals surface area contributed by atoms with E-state index in [-0.39, 0.29) is 5.91 Å². The Balaban J connectivity index is 1.46.